The van der Waals surface area contributed by atoms with Crippen molar-refractivity contribution in [3.05, 3.63) is 73.6 Å². The molecule has 0 aromatic carbocycles. The number of amides is 1. The normalized spacial score (nSPS) is 11.0. The molecule has 11 heteroatoms. The van der Waals surface area contributed by atoms with Gasteiger partial charge in [-0.25, -0.2) is 24.0 Å². The molecule has 29 heavy (non-hydrogen) atoms. The van der Waals surface area contributed by atoms with Crippen LogP contribution in [0, 0.1) is 13.8 Å². The van der Waals surface area contributed by atoms with Gasteiger partial charge in [0.05, 0.1) is 22.9 Å². The van der Waals surface area contributed by atoms with E-state index in [-0.39, 0.29) is 11.6 Å². The summed E-state index contributed by atoms with van der Waals surface area (Å²) >= 11 is 2.68. The lowest BCUT2D eigenvalue weighted by molar-refractivity contribution is 0.0954. The van der Waals surface area contributed by atoms with E-state index in [0.29, 0.717) is 28.8 Å². The van der Waals surface area contributed by atoms with E-state index < -0.39 is 0 Å². The number of carbonyl (C=O) groups is 1. The average Bonchev–Trinajstić information content (AvgIpc) is 3.40. The summed E-state index contributed by atoms with van der Waals surface area (Å²) in [7, 11) is 0. The Hall–Kier alpha value is -3.18. The number of hydrogen-bond acceptors (Lipinski definition) is 8. The van der Waals surface area contributed by atoms with Crippen LogP contribution in [0.2, 0.25) is 0 Å². The number of aryl methyl sites for hydroxylation is 2. The first-order valence-electron chi connectivity index (χ1n) is 8.71. The van der Waals surface area contributed by atoms with Gasteiger partial charge in [0.25, 0.3) is 5.91 Å². The Balaban J connectivity index is 1.52. The molecule has 0 atom stereocenters. The first-order chi connectivity index (χ1) is 14.0. The van der Waals surface area contributed by atoms with E-state index in [2.05, 4.69) is 25.4 Å². The molecule has 0 saturated heterocycles. The maximum atomic E-state index is 12.7. The Labute approximate surface area is 173 Å². The van der Waals surface area contributed by atoms with Gasteiger partial charge in [0.1, 0.15) is 11.2 Å². The molecule has 9 nitrogen and oxygen atoms in total. The molecule has 0 aliphatic heterocycles. The molecule has 0 bridgehead atoms. The number of nitrogens with one attached hydrogen (secondary N) is 1. The zero-order valence-corrected chi connectivity index (χ0v) is 17.3. The highest BCUT2D eigenvalue weighted by Gasteiger charge is 2.18. The monoisotopic (exact) mass is 427 g/mol. The van der Waals surface area contributed by atoms with Gasteiger partial charge < -0.3 is 5.32 Å². The van der Waals surface area contributed by atoms with Crippen LogP contribution in [-0.4, -0.2) is 35.2 Å². The Morgan fingerprint density at radius 2 is 2.14 bits per heavy atom. The maximum absolute atomic E-state index is 12.7. The van der Waals surface area contributed by atoms with Gasteiger partial charge in [-0.2, -0.15) is 5.10 Å². The topological polar surface area (TPSA) is 108 Å². The van der Waals surface area contributed by atoms with E-state index >= 15 is 0 Å². The summed E-state index contributed by atoms with van der Waals surface area (Å²) in [6.45, 7) is 4.31. The Morgan fingerprint density at radius 1 is 1.28 bits per heavy atom. The van der Waals surface area contributed by atoms with Gasteiger partial charge >= 0.3 is 5.69 Å². The van der Waals surface area contributed by atoms with E-state index in [1.54, 1.807) is 19.3 Å². The molecule has 0 radical (unpaired) electrons. The maximum Gasteiger partial charge on any atom is 0.352 e. The fourth-order valence-corrected chi connectivity index (χ4v) is 4.22. The fraction of sp³-hybridized carbons (Fsp3) is 0.222. The number of rotatable bonds is 6. The Bertz CT molecular complexity index is 1210. The molecule has 148 valence electrons. The number of pyridine rings is 1. The van der Waals surface area contributed by atoms with Crippen molar-refractivity contribution in [2.24, 2.45) is 0 Å². The van der Waals surface area contributed by atoms with Crippen LogP contribution in [0.3, 0.4) is 0 Å². The third-order valence-electron chi connectivity index (χ3n) is 4.09. The van der Waals surface area contributed by atoms with E-state index in [0.717, 1.165) is 27.6 Å². The van der Waals surface area contributed by atoms with Crippen molar-refractivity contribution in [3.63, 3.8) is 0 Å². The number of nitrogens with zero attached hydrogens (tertiary/aromatic N) is 6. The number of carbonyl (C=O) groups excluding carboxylic acids is 1. The van der Waals surface area contributed by atoms with Gasteiger partial charge in [-0.05, 0) is 25.5 Å². The van der Waals surface area contributed by atoms with E-state index in [1.165, 1.54) is 26.9 Å². The largest absolute Gasteiger partial charge is 0.352 e. The van der Waals surface area contributed by atoms with Crippen molar-refractivity contribution in [1.29, 1.82) is 0 Å². The van der Waals surface area contributed by atoms with Crippen LogP contribution in [0.25, 0.3) is 5.13 Å². The summed E-state index contributed by atoms with van der Waals surface area (Å²) in [6.07, 6.45) is 4.79. The van der Waals surface area contributed by atoms with Crippen LogP contribution >= 0.6 is 22.7 Å². The lowest BCUT2D eigenvalue weighted by atomic mass is 10.3. The van der Waals surface area contributed by atoms with Crippen molar-refractivity contribution in [2.45, 2.75) is 26.9 Å². The fourth-order valence-electron chi connectivity index (χ4n) is 2.67. The van der Waals surface area contributed by atoms with E-state index in [1.807, 2.05) is 24.4 Å². The molecule has 1 amide bonds. The van der Waals surface area contributed by atoms with Gasteiger partial charge in [0.2, 0.25) is 0 Å². The smallest absolute Gasteiger partial charge is 0.347 e. The second-order valence-electron chi connectivity index (χ2n) is 6.25. The van der Waals surface area contributed by atoms with Crippen LogP contribution < -0.4 is 11.0 Å². The zero-order chi connectivity index (χ0) is 20.4. The molecule has 4 aromatic heterocycles. The summed E-state index contributed by atoms with van der Waals surface area (Å²) in [6, 6.07) is 3.70. The summed E-state index contributed by atoms with van der Waals surface area (Å²) in [5.74, 6) is -0.242. The first-order valence-corrected chi connectivity index (χ1v) is 10.4. The Kier molecular flexibility index (Phi) is 5.32. The summed E-state index contributed by atoms with van der Waals surface area (Å²) in [4.78, 5) is 38.4. The second kappa shape index (κ2) is 8.05. The van der Waals surface area contributed by atoms with Crippen LogP contribution in [-0.2, 0) is 13.1 Å². The molecular formula is C18H17N7O2S2. The quantitative estimate of drug-likeness (QED) is 0.504. The van der Waals surface area contributed by atoms with Crippen molar-refractivity contribution in [3.8, 4) is 5.13 Å². The molecule has 1 N–H and O–H groups in total. The predicted molar refractivity (Wildman–Crippen MR) is 110 cm³/mol. The lowest BCUT2D eigenvalue weighted by Gasteiger charge is -2.03. The van der Waals surface area contributed by atoms with Gasteiger partial charge in [-0.15, -0.1) is 11.3 Å². The molecule has 4 rings (SSSR count). The molecule has 0 aliphatic rings. The molecule has 4 aromatic rings. The molecule has 0 saturated carbocycles. The second-order valence-corrected chi connectivity index (χ2v) is 8.29. The Morgan fingerprint density at radius 3 is 2.86 bits per heavy atom. The van der Waals surface area contributed by atoms with Crippen LogP contribution in [0.4, 0.5) is 0 Å². The first kappa shape index (κ1) is 19.2. The standard InChI is InChI=1S/C18H17N7O2S2/c1-11-15(16(26)20-7-13-4-3-5-19-6-13)29-17(22-11)24-10-21-25(18(24)27)8-14-9-28-12(2)23-14/h3-6,9-10H,7-8H2,1-2H3,(H,20,26). The molecule has 0 spiro atoms. The number of hydrogen-bond donors (Lipinski definition) is 1. The molecule has 4 heterocycles. The predicted octanol–water partition coefficient (Wildman–Crippen LogP) is 1.94. The molecular weight excluding hydrogens is 410 g/mol. The van der Waals surface area contributed by atoms with Crippen molar-refractivity contribution >= 4 is 28.6 Å². The van der Waals surface area contributed by atoms with Crippen LogP contribution in [0.5, 0.6) is 0 Å². The van der Waals surface area contributed by atoms with E-state index in [9.17, 15) is 9.59 Å². The summed E-state index contributed by atoms with van der Waals surface area (Å²) in [5, 5.41) is 10.2. The van der Waals surface area contributed by atoms with Crippen molar-refractivity contribution < 1.29 is 4.79 Å². The zero-order valence-electron chi connectivity index (χ0n) is 15.7. The van der Waals surface area contributed by atoms with Gasteiger partial charge in [0.15, 0.2) is 5.13 Å². The van der Waals surface area contributed by atoms with Crippen LogP contribution in [0.1, 0.15) is 31.6 Å². The van der Waals surface area contributed by atoms with Gasteiger partial charge in [-0.1, -0.05) is 17.4 Å². The molecule has 0 fully saturated rings. The van der Waals surface area contributed by atoms with Gasteiger partial charge in [-0.3, -0.25) is 9.78 Å². The summed E-state index contributed by atoms with van der Waals surface area (Å²) < 4.78 is 2.67. The minimum atomic E-state index is -0.327. The third kappa shape index (κ3) is 4.15. The lowest BCUT2D eigenvalue weighted by Crippen LogP contribution is -2.24. The van der Waals surface area contributed by atoms with Crippen molar-refractivity contribution in [2.75, 3.05) is 0 Å². The number of thiazole rings is 2. The highest BCUT2D eigenvalue weighted by atomic mass is 32.1. The van der Waals surface area contributed by atoms with Crippen LogP contribution in [0.15, 0.2) is 41.0 Å². The summed E-state index contributed by atoms with van der Waals surface area (Å²) in [5.41, 5.74) is 1.92. The highest BCUT2D eigenvalue weighted by Crippen LogP contribution is 2.20. The molecule has 0 unspecified atom stereocenters. The van der Waals surface area contributed by atoms with E-state index in [4.69, 9.17) is 0 Å². The number of aromatic nitrogens is 6. The van der Waals surface area contributed by atoms with Crippen molar-refractivity contribution in [1.82, 2.24) is 34.6 Å². The SMILES string of the molecule is Cc1nc(Cn2ncn(-c3nc(C)c(C(=O)NCc4cccnc4)s3)c2=O)cs1. The average molecular weight is 428 g/mol. The van der Waals surface area contributed by atoms with Gasteiger partial charge in [0, 0.05) is 24.3 Å². The third-order valence-corrected chi connectivity index (χ3v) is 6.06. The minimum Gasteiger partial charge on any atom is -0.347 e. The molecule has 0 aliphatic carbocycles. The highest BCUT2D eigenvalue weighted by molar-refractivity contribution is 7.16. The minimum absolute atomic E-state index is 0.242.